The normalized spacial score (nSPS) is 13.0. The number of rotatable bonds is 23. The van der Waals surface area contributed by atoms with Gasteiger partial charge in [-0.2, -0.15) is 0 Å². The number of nitrogens with zero attached hydrogens (tertiary/aromatic N) is 1. The third-order valence-electron chi connectivity index (χ3n) is 7.95. The maximum absolute atomic E-state index is 5.87. The van der Waals surface area contributed by atoms with Crippen LogP contribution in [-0.4, -0.2) is 30.6 Å². The van der Waals surface area contributed by atoms with E-state index in [4.69, 9.17) is 4.74 Å². The average Bonchev–Trinajstić information content (AvgIpc) is 3.60. The Bertz CT molecular complexity index is 963. The van der Waals surface area contributed by atoms with Crippen LogP contribution in [0, 0.1) is 0 Å². The van der Waals surface area contributed by atoms with Gasteiger partial charge in [-0.25, -0.2) is 4.99 Å². The van der Waals surface area contributed by atoms with Gasteiger partial charge in [-0.3, -0.25) is 0 Å². The summed E-state index contributed by atoms with van der Waals surface area (Å²) in [6.07, 6.45) is 28.2. The van der Waals surface area contributed by atoms with Crippen molar-refractivity contribution in [2.45, 2.75) is 129 Å². The van der Waals surface area contributed by atoms with Crippen molar-refractivity contribution < 1.29 is 4.74 Å². The van der Waals surface area contributed by atoms with Crippen LogP contribution in [0.2, 0.25) is 0 Å². The van der Waals surface area contributed by atoms with E-state index in [0.29, 0.717) is 6.02 Å². The Kier molecular flexibility index (Phi) is 15.6. The molecule has 39 heavy (non-hydrogen) atoms. The van der Waals surface area contributed by atoms with Crippen molar-refractivity contribution in [2.75, 3.05) is 19.6 Å². The Morgan fingerprint density at radius 1 is 0.872 bits per heavy atom. The molecule has 0 unspecified atom stereocenters. The predicted molar refractivity (Wildman–Crippen MR) is 169 cm³/mol. The summed E-state index contributed by atoms with van der Waals surface area (Å²) in [6, 6.07) is 6.79. The number of aliphatic imine (C=N–C) groups is 1. The number of H-pyrrole nitrogens is 1. The molecule has 0 saturated heterocycles. The summed E-state index contributed by atoms with van der Waals surface area (Å²) in [6.45, 7) is 9.09. The molecule has 0 amide bonds. The van der Waals surface area contributed by atoms with E-state index in [1.54, 1.807) is 0 Å². The number of nitrogens with one attached hydrogen (secondary N) is 3. The predicted octanol–water partition coefficient (Wildman–Crippen LogP) is 9.19. The quantitative estimate of drug-likeness (QED) is 0.124. The summed E-state index contributed by atoms with van der Waals surface area (Å²) in [5, 5.41) is 7.92. The molecule has 0 fully saturated rings. The molecule has 3 rings (SSSR count). The zero-order valence-electron chi connectivity index (χ0n) is 24.9. The highest BCUT2D eigenvalue weighted by Gasteiger charge is 2.10. The summed E-state index contributed by atoms with van der Waals surface area (Å²) >= 11 is 0. The highest BCUT2D eigenvalue weighted by molar-refractivity contribution is 5.86. The van der Waals surface area contributed by atoms with Gasteiger partial charge in [0.2, 0.25) is 0 Å². The number of hydrogen-bond acceptors (Lipinski definition) is 4. The van der Waals surface area contributed by atoms with Gasteiger partial charge in [0.25, 0.3) is 6.02 Å². The first-order chi connectivity index (χ1) is 19.3. The number of allylic oxidation sites excluding steroid dienone is 1. The molecule has 2 aromatic rings. The van der Waals surface area contributed by atoms with Gasteiger partial charge in [-0.05, 0) is 43.0 Å². The SMILES string of the molecule is C=C(CCCCCCCCCCCCCCCCCCC)NCCc1c[nH]c2ccc(OC3=NCCN3)cc12. The van der Waals surface area contributed by atoms with Crippen molar-refractivity contribution >= 4 is 16.9 Å². The molecule has 0 spiro atoms. The zero-order valence-corrected chi connectivity index (χ0v) is 24.9. The first-order valence-corrected chi connectivity index (χ1v) is 16.2. The van der Waals surface area contributed by atoms with Crippen molar-refractivity contribution in [3.05, 3.63) is 42.2 Å². The topological polar surface area (TPSA) is 61.4 Å². The molecule has 3 N–H and O–H groups in total. The Hall–Kier alpha value is -2.43. The van der Waals surface area contributed by atoms with Gasteiger partial charge in [0.15, 0.2) is 0 Å². The lowest BCUT2D eigenvalue weighted by Crippen LogP contribution is -2.23. The molecular weight excluding hydrogens is 480 g/mol. The molecule has 218 valence electrons. The zero-order chi connectivity index (χ0) is 27.4. The molecular formula is C34H56N4O. The van der Waals surface area contributed by atoms with E-state index in [1.165, 1.54) is 126 Å². The van der Waals surface area contributed by atoms with E-state index in [-0.39, 0.29) is 0 Å². The van der Waals surface area contributed by atoms with Gasteiger partial charge in [-0.15, -0.1) is 0 Å². The van der Waals surface area contributed by atoms with Crippen LogP contribution in [0.25, 0.3) is 10.9 Å². The van der Waals surface area contributed by atoms with E-state index in [0.717, 1.165) is 43.7 Å². The van der Waals surface area contributed by atoms with Crippen molar-refractivity contribution in [3.63, 3.8) is 0 Å². The van der Waals surface area contributed by atoms with E-state index in [2.05, 4.69) is 52.4 Å². The highest BCUT2D eigenvalue weighted by atomic mass is 16.5. The van der Waals surface area contributed by atoms with Crippen molar-refractivity contribution in [1.29, 1.82) is 0 Å². The molecule has 2 heterocycles. The molecule has 0 atom stereocenters. The summed E-state index contributed by atoms with van der Waals surface area (Å²) in [5.74, 6) is 0.827. The van der Waals surface area contributed by atoms with Crippen LogP contribution in [0.4, 0.5) is 0 Å². The van der Waals surface area contributed by atoms with Gasteiger partial charge < -0.3 is 20.4 Å². The van der Waals surface area contributed by atoms with Gasteiger partial charge >= 0.3 is 0 Å². The maximum atomic E-state index is 5.87. The van der Waals surface area contributed by atoms with Gasteiger partial charge in [-0.1, -0.05) is 116 Å². The molecule has 5 nitrogen and oxygen atoms in total. The molecule has 0 saturated carbocycles. The first-order valence-electron chi connectivity index (χ1n) is 16.2. The number of aromatic amines is 1. The standard InChI is InChI=1S/C34H56N4O/c1-3-4-5-6-7-8-9-10-11-12-13-14-15-16-17-18-19-20-29(2)35-24-23-30-28-38-33-22-21-31(27-32(30)33)39-34-36-25-26-37-34/h21-22,27-28,35,38H,2-20,23-26H2,1H3,(H,36,37). The molecule has 1 aromatic heterocycles. The summed E-state index contributed by atoms with van der Waals surface area (Å²) in [5.41, 5.74) is 3.61. The Morgan fingerprint density at radius 3 is 2.08 bits per heavy atom. The number of amidine groups is 1. The molecule has 0 aliphatic carbocycles. The third-order valence-corrected chi connectivity index (χ3v) is 7.95. The molecule has 0 bridgehead atoms. The molecule has 1 aliphatic rings. The van der Waals surface area contributed by atoms with Crippen molar-refractivity contribution in [3.8, 4) is 5.75 Å². The molecule has 1 aromatic carbocycles. The van der Waals surface area contributed by atoms with Gasteiger partial charge in [0.1, 0.15) is 5.75 Å². The molecule has 0 radical (unpaired) electrons. The fourth-order valence-corrected chi connectivity index (χ4v) is 5.51. The number of benzene rings is 1. The minimum absolute atomic E-state index is 0.619. The van der Waals surface area contributed by atoms with Crippen molar-refractivity contribution in [1.82, 2.24) is 15.6 Å². The van der Waals surface area contributed by atoms with E-state index >= 15 is 0 Å². The largest absolute Gasteiger partial charge is 0.426 e. The fourth-order valence-electron chi connectivity index (χ4n) is 5.51. The second kappa shape index (κ2) is 19.6. The van der Waals surface area contributed by atoms with Gasteiger partial charge in [0.05, 0.1) is 6.54 Å². The number of aromatic nitrogens is 1. The van der Waals surface area contributed by atoms with E-state index in [9.17, 15) is 0 Å². The molecule has 5 heteroatoms. The van der Waals surface area contributed by atoms with E-state index in [1.807, 2.05) is 6.07 Å². The van der Waals surface area contributed by atoms with Crippen LogP contribution in [0.3, 0.4) is 0 Å². The lowest BCUT2D eigenvalue weighted by atomic mass is 10.0. The summed E-state index contributed by atoms with van der Waals surface area (Å²) < 4.78 is 5.87. The third kappa shape index (κ3) is 13.0. The lowest BCUT2D eigenvalue weighted by molar-refractivity contribution is 0.526. The number of unbranched alkanes of at least 4 members (excludes halogenated alkanes) is 16. The van der Waals surface area contributed by atoms with Crippen LogP contribution < -0.4 is 15.4 Å². The van der Waals surface area contributed by atoms with Crippen LogP contribution >= 0.6 is 0 Å². The van der Waals surface area contributed by atoms with Crippen molar-refractivity contribution in [2.24, 2.45) is 4.99 Å². The Morgan fingerprint density at radius 2 is 1.49 bits per heavy atom. The number of fused-ring (bicyclic) bond motifs is 1. The smallest absolute Gasteiger partial charge is 0.290 e. The Labute approximate surface area is 238 Å². The van der Waals surface area contributed by atoms with Gasteiger partial charge in [0, 0.05) is 35.9 Å². The fraction of sp³-hybridized carbons (Fsp3) is 0.676. The monoisotopic (exact) mass is 536 g/mol. The van der Waals surface area contributed by atoms with Crippen LogP contribution in [0.15, 0.2) is 41.7 Å². The molecule has 1 aliphatic heterocycles. The maximum Gasteiger partial charge on any atom is 0.290 e. The second-order valence-electron chi connectivity index (χ2n) is 11.4. The Balaban J connectivity index is 1.13. The number of hydrogen-bond donors (Lipinski definition) is 3. The van der Waals surface area contributed by atoms with Crippen LogP contribution in [-0.2, 0) is 6.42 Å². The van der Waals surface area contributed by atoms with Crippen LogP contribution in [0.5, 0.6) is 5.75 Å². The second-order valence-corrected chi connectivity index (χ2v) is 11.4. The minimum Gasteiger partial charge on any atom is -0.426 e. The highest BCUT2D eigenvalue weighted by Crippen LogP contribution is 2.24. The average molecular weight is 537 g/mol. The van der Waals surface area contributed by atoms with Crippen LogP contribution in [0.1, 0.15) is 128 Å². The minimum atomic E-state index is 0.619. The van der Waals surface area contributed by atoms with E-state index < -0.39 is 0 Å². The summed E-state index contributed by atoms with van der Waals surface area (Å²) in [4.78, 5) is 7.70. The first kappa shape index (κ1) is 31.1. The number of ether oxygens (including phenoxy) is 1. The summed E-state index contributed by atoms with van der Waals surface area (Å²) in [7, 11) is 0. The lowest BCUT2D eigenvalue weighted by Gasteiger charge is -2.10.